The molecule has 0 aliphatic heterocycles. The van der Waals surface area contributed by atoms with Gasteiger partial charge in [-0.15, -0.1) is 0 Å². The molecule has 0 aliphatic carbocycles. The van der Waals surface area contributed by atoms with Crippen molar-refractivity contribution in [3.05, 3.63) is 0 Å². The van der Waals surface area contributed by atoms with Crippen LogP contribution in [0.4, 0.5) is 0 Å². The molecule has 0 rings (SSSR count). The Bertz CT molecular complexity index is 306. The zero-order chi connectivity index (χ0) is 15.2. The number of rotatable bonds is 6. The van der Waals surface area contributed by atoms with Crippen molar-refractivity contribution < 1.29 is 14.4 Å². The summed E-state index contributed by atoms with van der Waals surface area (Å²) in [6.45, 7) is 13.8. The highest BCUT2D eigenvalue weighted by Crippen LogP contribution is 2.13. The summed E-state index contributed by atoms with van der Waals surface area (Å²) in [5, 5.41) is 2.81. The Morgan fingerprint density at radius 1 is 1.11 bits per heavy atom. The van der Waals surface area contributed by atoms with E-state index >= 15 is 0 Å². The summed E-state index contributed by atoms with van der Waals surface area (Å²) in [7, 11) is 0. The van der Waals surface area contributed by atoms with Crippen LogP contribution in [0.25, 0.3) is 0 Å². The van der Waals surface area contributed by atoms with Crippen LogP contribution in [-0.4, -0.2) is 24.5 Å². The van der Waals surface area contributed by atoms with Crippen LogP contribution in [-0.2, 0) is 14.4 Å². The lowest BCUT2D eigenvalue weighted by atomic mass is 9.96. The van der Waals surface area contributed by atoms with Gasteiger partial charge < -0.3 is 5.32 Å². The highest BCUT2D eigenvalue weighted by atomic mass is 16.7. The second kappa shape index (κ2) is 7.48. The molecule has 5 heteroatoms. The van der Waals surface area contributed by atoms with Crippen molar-refractivity contribution in [1.82, 2.24) is 10.8 Å². The molecule has 0 aromatic heterocycles. The van der Waals surface area contributed by atoms with Gasteiger partial charge in [0.25, 0.3) is 5.91 Å². The van der Waals surface area contributed by atoms with E-state index in [0.29, 0.717) is 12.5 Å². The molecule has 19 heavy (non-hydrogen) atoms. The Kier molecular flexibility index (Phi) is 7.05. The zero-order valence-electron chi connectivity index (χ0n) is 13.2. The molecule has 2 N–H and O–H groups in total. The molecule has 0 spiro atoms. The van der Waals surface area contributed by atoms with Crippen LogP contribution in [0.2, 0.25) is 0 Å². The summed E-state index contributed by atoms with van der Waals surface area (Å²) in [5.41, 5.74) is 1.83. The molecule has 2 amide bonds. The average molecular weight is 272 g/mol. The number of hydrogen-bond donors (Lipinski definition) is 2. The lowest BCUT2D eigenvalue weighted by Gasteiger charge is -2.24. The van der Waals surface area contributed by atoms with E-state index in [9.17, 15) is 9.59 Å². The van der Waals surface area contributed by atoms with Crippen LogP contribution in [0.5, 0.6) is 0 Å². The largest absolute Gasteiger partial charge is 0.353 e. The predicted octanol–water partition coefficient (Wildman–Crippen LogP) is 1.88. The molecule has 1 atom stereocenters. The number of hydrogen-bond acceptors (Lipinski definition) is 3. The molecule has 0 heterocycles. The summed E-state index contributed by atoms with van der Waals surface area (Å²) in [6, 6.07) is 0. The smallest absolute Gasteiger partial charge is 0.252 e. The average Bonchev–Trinajstić information content (AvgIpc) is 2.24. The molecule has 0 radical (unpaired) electrons. The lowest BCUT2D eigenvalue weighted by Crippen LogP contribution is -2.46. The van der Waals surface area contributed by atoms with E-state index in [1.807, 2.05) is 27.7 Å². The second-order valence-electron chi connectivity index (χ2n) is 6.60. The van der Waals surface area contributed by atoms with Gasteiger partial charge in [-0.2, -0.15) is 0 Å². The molecule has 5 nitrogen and oxygen atoms in total. The third-order valence-electron chi connectivity index (χ3n) is 2.51. The number of hydroxylamine groups is 1. The maximum atomic E-state index is 12.0. The molecular formula is C14H28N2O3. The minimum Gasteiger partial charge on any atom is -0.353 e. The SMILES string of the molecule is CC(C)CNC(=O)[C@@H](ONC(=O)C(C)(C)C)C(C)C. The van der Waals surface area contributed by atoms with Crippen LogP contribution >= 0.6 is 0 Å². The zero-order valence-corrected chi connectivity index (χ0v) is 13.2. The molecule has 0 saturated heterocycles. The number of carbonyl (C=O) groups is 2. The van der Waals surface area contributed by atoms with Crippen LogP contribution < -0.4 is 10.8 Å². The van der Waals surface area contributed by atoms with Crippen molar-refractivity contribution in [3.8, 4) is 0 Å². The number of carbonyl (C=O) groups excluding carboxylic acids is 2. The van der Waals surface area contributed by atoms with Crippen molar-refractivity contribution in [2.75, 3.05) is 6.54 Å². The Labute approximate surface area is 116 Å². The lowest BCUT2D eigenvalue weighted by molar-refractivity contribution is -0.156. The fraction of sp³-hybridized carbons (Fsp3) is 0.857. The fourth-order valence-electron chi connectivity index (χ4n) is 1.17. The molecule has 0 fully saturated rings. The van der Waals surface area contributed by atoms with Gasteiger partial charge in [0.05, 0.1) is 0 Å². The summed E-state index contributed by atoms with van der Waals surface area (Å²) >= 11 is 0. The minimum atomic E-state index is -0.676. The van der Waals surface area contributed by atoms with E-state index in [4.69, 9.17) is 4.84 Å². The van der Waals surface area contributed by atoms with Gasteiger partial charge in [0, 0.05) is 12.0 Å². The van der Waals surface area contributed by atoms with Crippen molar-refractivity contribution in [2.24, 2.45) is 17.3 Å². The van der Waals surface area contributed by atoms with Crippen molar-refractivity contribution in [2.45, 2.75) is 54.6 Å². The third-order valence-corrected chi connectivity index (χ3v) is 2.51. The molecule has 0 aromatic rings. The molecule has 0 aromatic carbocycles. The van der Waals surface area contributed by atoms with Crippen LogP contribution in [0.1, 0.15) is 48.5 Å². The van der Waals surface area contributed by atoms with Crippen LogP contribution in [0.15, 0.2) is 0 Å². The molecule has 112 valence electrons. The third kappa shape index (κ3) is 7.15. The fourth-order valence-corrected chi connectivity index (χ4v) is 1.17. The van der Waals surface area contributed by atoms with Gasteiger partial charge in [0.15, 0.2) is 6.10 Å². The molecule has 0 bridgehead atoms. The number of nitrogens with one attached hydrogen (secondary N) is 2. The van der Waals surface area contributed by atoms with E-state index in [1.54, 1.807) is 20.8 Å². The van der Waals surface area contributed by atoms with E-state index in [-0.39, 0.29) is 17.7 Å². The van der Waals surface area contributed by atoms with Gasteiger partial charge in [-0.05, 0) is 11.8 Å². The van der Waals surface area contributed by atoms with Crippen LogP contribution in [0.3, 0.4) is 0 Å². The summed E-state index contributed by atoms with van der Waals surface area (Å²) in [5.74, 6) is -0.0823. The Balaban J connectivity index is 4.42. The predicted molar refractivity (Wildman–Crippen MR) is 75.2 cm³/mol. The van der Waals surface area contributed by atoms with Crippen molar-refractivity contribution >= 4 is 11.8 Å². The van der Waals surface area contributed by atoms with E-state index in [1.165, 1.54) is 0 Å². The van der Waals surface area contributed by atoms with Gasteiger partial charge in [0.2, 0.25) is 5.91 Å². The monoisotopic (exact) mass is 272 g/mol. The van der Waals surface area contributed by atoms with Gasteiger partial charge in [-0.25, -0.2) is 5.48 Å². The van der Waals surface area contributed by atoms with E-state index in [0.717, 1.165) is 0 Å². The maximum absolute atomic E-state index is 12.0. The molecule has 0 unspecified atom stereocenters. The first-order valence-electron chi connectivity index (χ1n) is 6.79. The van der Waals surface area contributed by atoms with E-state index < -0.39 is 11.5 Å². The van der Waals surface area contributed by atoms with Gasteiger partial charge in [-0.3, -0.25) is 14.4 Å². The number of amides is 2. The van der Waals surface area contributed by atoms with Gasteiger partial charge in [-0.1, -0.05) is 48.5 Å². The quantitative estimate of drug-likeness (QED) is 0.725. The summed E-state index contributed by atoms with van der Waals surface area (Å²) in [4.78, 5) is 29.0. The summed E-state index contributed by atoms with van der Waals surface area (Å²) < 4.78 is 0. The Morgan fingerprint density at radius 2 is 1.63 bits per heavy atom. The first-order chi connectivity index (χ1) is 8.55. The first kappa shape index (κ1) is 17.9. The van der Waals surface area contributed by atoms with E-state index in [2.05, 4.69) is 10.8 Å². The highest BCUT2D eigenvalue weighted by molar-refractivity contribution is 5.82. The van der Waals surface area contributed by atoms with Crippen molar-refractivity contribution in [1.29, 1.82) is 0 Å². The Morgan fingerprint density at radius 3 is 2.00 bits per heavy atom. The topological polar surface area (TPSA) is 67.4 Å². The second-order valence-corrected chi connectivity index (χ2v) is 6.60. The van der Waals surface area contributed by atoms with Gasteiger partial charge in [0.1, 0.15) is 0 Å². The summed E-state index contributed by atoms with van der Waals surface area (Å²) in [6.07, 6.45) is -0.676. The normalized spacial score (nSPS) is 13.5. The molecule has 0 aliphatic rings. The minimum absolute atomic E-state index is 0.0209. The van der Waals surface area contributed by atoms with Crippen LogP contribution in [0, 0.1) is 17.3 Å². The van der Waals surface area contributed by atoms with Crippen molar-refractivity contribution in [3.63, 3.8) is 0 Å². The first-order valence-corrected chi connectivity index (χ1v) is 6.79. The standard InChI is InChI=1S/C14H28N2O3/c1-9(2)8-15-12(17)11(10(3)4)19-16-13(18)14(5,6)7/h9-11H,8H2,1-7H3,(H,15,17)(H,16,18)/t11-/m0/s1. The maximum Gasteiger partial charge on any atom is 0.252 e. The molecular weight excluding hydrogens is 244 g/mol. The Hall–Kier alpha value is -1.10. The van der Waals surface area contributed by atoms with Gasteiger partial charge >= 0.3 is 0 Å². The highest BCUT2D eigenvalue weighted by Gasteiger charge is 2.27. The molecule has 0 saturated carbocycles.